The summed E-state index contributed by atoms with van der Waals surface area (Å²) in [5.41, 5.74) is -0.876. The molecule has 2 aromatic carbocycles. The van der Waals surface area contributed by atoms with Gasteiger partial charge in [-0.3, -0.25) is 4.79 Å². The van der Waals surface area contributed by atoms with Crippen molar-refractivity contribution in [1.82, 2.24) is 4.67 Å². The standard InChI is InChI=1S/C20H21ClF3NO5P/c1-4-25(31(27)28-5-2)19(26)13(3)29-15-7-9-16(10-8-15)30-18-11-6-14(12-17(18)21)20(22,23)24/h6-13H,4-5H2,1-3H3/q+1. The first-order chi connectivity index (χ1) is 14.6. The van der Waals surface area contributed by atoms with Crippen LogP contribution in [0.2, 0.25) is 5.02 Å². The van der Waals surface area contributed by atoms with Gasteiger partial charge in [0.2, 0.25) is 0 Å². The highest BCUT2D eigenvalue weighted by molar-refractivity contribution is 7.37. The van der Waals surface area contributed by atoms with Crippen molar-refractivity contribution in [3.63, 3.8) is 0 Å². The Kier molecular flexibility index (Phi) is 8.68. The number of carbonyl (C=O) groups excluding carboxylic acids is 1. The lowest BCUT2D eigenvalue weighted by molar-refractivity contribution is -0.137. The zero-order valence-electron chi connectivity index (χ0n) is 17.0. The first-order valence-electron chi connectivity index (χ1n) is 9.29. The van der Waals surface area contributed by atoms with Gasteiger partial charge in [0, 0.05) is 0 Å². The number of alkyl halides is 3. The normalized spacial score (nSPS) is 12.8. The number of ether oxygens (including phenoxy) is 2. The minimum Gasteiger partial charge on any atom is -0.481 e. The van der Waals surface area contributed by atoms with Crippen LogP contribution in [-0.4, -0.2) is 29.8 Å². The molecule has 168 valence electrons. The predicted octanol–water partition coefficient (Wildman–Crippen LogP) is 6.46. The first-order valence-corrected chi connectivity index (χ1v) is 10.8. The molecular formula is C20H21ClF3NO5P+. The van der Waals surface area contributed by atoms with Crippen LogP contribution >= 0.6 is 19.8 Å². The van der Waals surface area contributed by atoms with Gasteiger partial charge < -0.3 is 9.47 Å². The highest BCUT2D eigenvalue weighted by atomic mass is 35.5. The smallest absolute Gasteiger partial charge is 0.481 e. The number of likely N-dealkylation sites (N-methyl/N-ethyl adjacent to an activating group) is 1. The van der Waals surface area contributed by atoms with Gasteiger partial charge in [0.05, 0.1) is 17.1 Å². The van der Waals surface area contributed by atoms with Gasteiger partial charge in [-0.1, -0.05) is 16.3 Å². The van der Waals surface area contributed by atoms with Crippen molar-refractivity contribution in [2.24, 2.45) is 0 Å². The van der Waals surface area contributed by atoms with E-state index in [-0.39, 0.29) is 23.9 Å². The summed E-state index contributed by atoms with van der Waals surface area (Å²) in [7, 11) is -2.29. The summed E-state index contributed by atoms with van der Waals surface area (Å²) < 4.78 is 67.3. The molecule has 0 aliphatic heterocycles. The lowest BCUT2D eigenvalue weighted by atomic mass is 10.2. The topological polar surface area (TPSA) is 65.1 Å². The second-order valence-corrected chi connectivity index (χ2v) is 7.81. The summed E-state index contributed by atoms with van der Waals surface area (Å²) in [4.78, 5) is 12.5. The van der Waals surface area contributed by atoms with Gasteiger partial charge in [-0.2, -0.15) is 13.2 Å². The Balaban J connectivity index is 2.03. The molecular weight excluding hydrogens is 458 g/mol. The third-order valence-corrected chi connectivity index (χ3v) is 5.61. The van der Waals surface area contributed by atoms with Gasteiger partial charge in [0.25, 0.3) is 0 Å². The Bertz CT molecular complexity index is 924. The summed E-state index contributed by atoms with van der Waals surface area (Å²) in [6, 6.07) is 8.87. The Hall–Kier alpha value is -2.35. The van der Waals surface area contributed by atoms with Crippen LogP contribution < -0.4 is 9.47 Å². The number of halogens is 4. The SMILES string of the molecule is CCO[P+](=O)N(CC)C(=O)C(C)Oc1ccc(Oc2ccc(C(F)(F)F)cc2Cl)cc1. The molecule has 0 saturated carbocycles. The van der Waals surface area contributed by atoms with Crippen molar-refractivity contribution in [3.8, 4) is 17.2 Å². The van der Waals surface area contributed by atoms with E-state index in [1.807, 2.05) is 0 Å². The van der Waals surface area contributed by atoms with Crippen LogP contribution in [0.25, 0.3) is 0 Å². The number of carbonyl (C=O) groups is 1. The molecule has 0 aliphatic rings. The van der Waals surface area contributed by atoms with Crippen LogP contribution in [0.5, 0.6) is 17.2 Å². The Morgan fingerprint density at radius 2 is 1.74 bits per heavy atom. The van der Waals surface area contributed by atoms with Crippen molar-refractivity contribution in [2.45, 2.75) is 33.1 Å². The molecule has 31 heavy (non-hydrogen) atoms. The minimum atomic E-state index is -4.50. The van der Waals surface area contributed by atoms with Crippen molar-refractivity contribution in [2.75, 3.05) is 13.2 Å². The Labute approximate surface area is 183 Å². The maximum atomic E-state index is 12.7. The average molecular weight is 479 g/mol. The van der Waals surface area contributed by atoms with E-state index in [9.17, 15) is 22.5 Å². The highest BCUT2D eigenvalue weighted by Crippen LogP contribution is 2.36. The minimum absolute atomic E-state index is 0.0604. The summed E-state index contributed by atoms with van der Waals surface area (Å²) in [5, 5.41) is -0.183. The fourth-order valence-corrected chi connectivity index (χ4v) is 3.60. The van der Waals surface area contributed by atoms with Gasteiger partial charge in [-0.05, 0) is 67.8 Å². The van der Waals surface area contributed by atoms with Gasteiger partial charge in [-0.25, -0.2) is 0 Å². The zero-order chi connectivity index (χ0) is 23.2. The number of nitrogens with zero attached hydrogens (tertiary/aromatic N) is 1. The van der Waals surface area contributed by atoms with Gasteiger partial charge in [-0.15, -0.1) is 4.52 Å². The molecule has 0 N–H and O–H groups in total. The van der Waals surface area contributed by atoms with Crippen LogP contribution in [0.1, 0.15) is 26.3 Å². The molecule has 2 unspecified atom stereocenters. The van der Waals surface area contributed by atoms with Gasteiger partial charge >= 0.3 is 20.3 Å². The summed E-state index contributed by atoms with van der Waals surface area (Å²) >= 11 is 5.89. The molecule has 2 atom stereocenters. The van der Waals surface area contributed by atoms with Crippen molar-refractivity contribution >= 4 is 25.7 Å². The molecule has 0 fully saturated rings. The lowest BCUT2D eigenvalue weighted by Crippen LogP contribution is -2.36. The summed E-state index contributed by atoms with van der Waals surface area (Å²) in [6.07, 6.45) is -5.42. The number of hydrogen-bond acceptors (Lipinski definition) is 5. The number of amides is 1. The van der Waals surface area contributed by atoms with E-state index in [4.69, 9.17) is 25.6 Å². The van der Waals surface area contributed by atoms with E-state index in [2.05, 4.69) is 0 Å². The molecule has 0 spiro atoms. The lowest BCUT2D eigenvalue weighted by Gasteiger charge is -2.16. The monoisotopic (exact) mass is 478 g/mol. The van der Waals surface area contributed by atoms with E-state index in [1.165, 1.54) is 31.2 Å². The maximum absolute atomic E-state index is 12.7. The first kappa shape index (κ1) is 24.9. The molecule has 0 saturated heterocycles. The number of hydrogen-bond donors (Lipinski definition) is 0. The van der Waals surface area contributed by atoms with Crippen LogP contribution in [0.4, 0.5) is 13.2 Å². The molecule has 0 aromatic heterocycles. The van der Waals surface area contributed by atoms with E-state index in [0.29, 0.717) is 11.5 Å². The van der Waals surface area contributed by atoms with E-state index < -0.39 is 31.9 Å². The second-order valence-electron chi connectivity index (χ2n) is 6.19. The third-order valence-electron chi connectivity index (χ3n) is 3.96. The average Bonchev–Trinajstić information content (AvgIpc) is 2.70. The fourth-order valence-electron chi connectivity index (χ4n) is 2.47. The molecule has 11 heteroatoms. The molecule has 0 heterocycles. The van der Waals surface area contributed by atoms with E-state index in [1.54, 1.807) is 13.8 Å². The summed E-state index contributed by atoms with van der Waals surface area (Å²) in [6.45, 7) is 5.27. The third kappa shape index (κ3) is 6.82. The Morgan fingerprint density at radius 3 is 2.26 bits per heavy atom. The number of benzene rings is 2. The van der Waals surface area contributed by atoms with Crippen LogP contribution in [0.15, 0.2) is 42.5 Å². The number of rotatable bonds is 9. The van der Waals surface area contributed by atoms with Crippen LogP contribution in [0, 0.1) is 0 Å². The van der Waals surface area contributed by atoms with Crippen molar-refractivity contribution < 1.29 is 36.5 Å². The fraction of sp³-hybridized carbons (Fsp3) is 0.350. The highest BCUT2D eigenvalue weighted by Gasteiger charge is 2.37. The van der Waals surface area contributed by atoms with Crippen molar-refractivity contribution in [1.29, 1.82) is 0 Å². The van der Waals surface area contributed by atoms with E-state index >= 15 is 0 Å². The second kappa shape index (κ2) is 10.8. The molecule has 0 bridgehead atoms. The molecule has 2 aromatic rings. The molecule has 1 amide bonds. The van der Waals surface area contributed by atoms with Crippen molar-refractivity contribution in [3.05, 3.63) is 53.1 Å². The van der Waals surface area contributed by atoms with Gasteiger partial charge in [0.15, 0.2) is 6.10 Å². The van der Waals surface area contributed by atoms with E-state index in [0.717, 1.165) is 22.9 Å². The largest absolute Gasteiger partial charge is 0.648 e. The molecule has 0 aliphatic carbocycles. The van der Waals surface area contributed by atoms with Crippen LogP contribution in [0.3, 0.4) is 0 Å². The quantitative estimate of drug-likeness (QED) is 0.387. The molecule has 6 nitrogen and oxygen atoms in total. The summed E-state index contributed by atoms with van der Waals surface area (Å²) in [5.74, 6) is 0.219. The zero-order valence-corrected chi connectivity index (χ0v) is 18.6. The van der Waals surface area contributed by atoms with Crippen LogP contribution in [-0.2, 0) is 20.1 Å². The Morgan fingerprint density at radius 1 is 1.13 bits per heavy atom. The molecule has 0 radical (unpaired) electrons. The van der Waals surface area contributed by atoms with Gasteiger partial charge in [0.1, 0.15) is 23.9 Å². The maximum Gasteiger partial charge on any atom is 0.648 e. The molecule has 2 rings (SSSR count). The predicted molar refractivity (Wildman–Crippen MR) is 110 cm³/mol.